The van der Waals surface area contributed by atoms with E-state index in [2.05, 4.69) is 10.1 Å². The molecule has 0 spiro atoms. The van der Waals surface area contributed by atoms with Crippen molar-refractivity contribution in [2.75, 3.05) is 6.54 Å². The lowest BCUT2D eigenvalue weighted by Crippen LogP contribution is -2.45. The minimum atomic E-state index is -4.96. The predicted molar refractivity (Wildman–Crippen MR) is 80.5 cm³/mol. The molecule has 4 nitrogen and oxygen atoms in total. The molecule has 1 heterocycles. The Morgan fingerprint density at radius 1 is 1.31 bits per heavy atom. The van der Waals surface area contributed by atoms with Gasteiger partial charge in [0.2, 0.25) is 0 Å². The summed E-state index contributed by atoms with van der Waals surface area (Å²) in [6.07, 6.45) is -8.83. The van der Waals surface area contributed by atoms with Crippen LogP contribution in [0.2, 0.25) is 0 Å². The number of hydrogen-bond donors (Lipinski definition) is 2. The first-order valence-corrected chi connectivity index (χ1v) is 7.99. The highest BCUT2D eigenvalue weighted by Gasteiger charge is 2.40. The number of carbonyl (C=O) groups excluding carboxylic acids is 1. The molecule has 0 bridgehead atoms. The van der Waals surface area contributed by atoms with E-state index in [4.69, 9.17) is 0 Å². The molecule has 1 aromatic rings. The Bertz CT molecular complexity index is 645. The van der Waals surface area contributed by atoms with Crippen LogP contribution in [0.3, 0.4) is 0 Å². The van der Waals surface area contributed by atoms with E-state index in [9.17, 15) is 31.1 Å². The van der Waals surface area contributed by atoms with Crippen molar-refractivity contribution in [2.24, 2.45) is 0 Å². The van der Waals surface area contributed by atoms with Crippen molar-refractivity contribution in [3.05, 3.63) is 29.3 Å². The average Bonchev–Trinajstić information content (AvgIpc) is 2.51. The molecule has 2 atom stereocenters. The van der Waals surface area contributed by atoms with Crippen LogP contribution in [0.25, 0.3) is 0 Å². The first kappa shape index (κ1) is 20.3. The zero-order valence-corrected chi connectivity index (χ0v) is 13.8. The molecule has 1 aliphatic heterocycles. The molecule has 1 aliphatic rings. The lowest BCUT2D eigenvalue weighted by atomic mass is 9.89. The van der Waals surface area contributed by atoms with Gasteiger partial charge in [-0.2, -0.15) is 13.2 Å². The first-order chi connectivity index (χ1) is 12.0. The summed E-state index contributed by atoms with van der Waals surface area (Å²) in [4.78, 5) is 11.1. The Morgan fingerprint density at radius 3 is 2.58 bits per heavy atom. The monoisotopic (exact) mass is 384 g/mol. The van der Waals surface area contributed by atoms with Gasteiger partial charge in [0.05, 0.1) is 0 Å². The summed E-state index contributed by atoms with van der Waals surface area (Å²) < 4.78 is 78.1. The molecule has 1 aromatic carbocycles. The quantitative estimate of drug-likeness (QED) is 0.763. The maximum atomic E-state index is 12.4. The van der Waals surface area contributed by atoms with E-state index >= 15 is 0 Å². The van der Waals surface area contributed by atoms with Crippen molar-refractivity contribution in [3.8, 4) is 5.75 Å². The van der Waals surface area contributed by atoms with Gasteiger partial charge in [-0.25, -0.2) is 0 Å². The molecule has 0 aliphatic carbocycles. The van der Waals surface area contributed by atoms with Gasteiger partial charge < -0.3 is 15.4 Å². The molecule has 2 rings (SSSR count). The van der Waals surface area contributed by atoms with E-state index in [0.29, 0.717) is 24.1 Å². The van der Waals surface area contributed by atoms with Crippen LogP contribution >= 0.6 is 0 Å². The van der Waals surface area contributed by atoms with Gasteiger partial charge in [0.25, 0.3) is 0 Å². The number of amides is 1. The van der Waals surface area contributed by atoms with Crippen molar-refractivity contribution in [1.29, 1.82) is 0 Å². The fourth-order valence-electron chi connectivity index (χ4n) is 2.92. The number of halogens is 6. The van der Waals surface area contributed by atoms with Crippen molar-refractivity contribution in [2.45, 2.75) is 50.8 Å². The van der Waals surface area contributed by atoms with Gasteiger partial charge in [-0.15, -0.1) is 13.2 Å². The molecular formula is C16H18F6N2O2. The van der Waals surface area contributed by atoms with Crippen LogP contribution in [0, 0.1) is 0 Å². The standard InChI is InChI=1S/C16H18F6N2O2/c1-2-10(24-14(25)15(17,18)19)8-13-12-4-3-11(26-16(20,21)22)7-9(12)5-6-23-13/h3-4,7,10,13,23H,2,5-6,8H2,1H3,(H,24,25). The topological polar surface area (TPSA) is 50.4 Å². The lowest BCUT2D eigenvalue weighted by molar-refractivity contribution is -0.274. The van der Waals surface area contributed by atoms with Crippen molar-refractivity contribution >= 4 is 5.91 Å². The number of nitrogens with one attached hydrogen (secondary N) is 2. The van der Waals surface area contributed by atoms with Gasteiger partial charge in [-0.3, -0.25) is 4.79 Å². The van der Waals surface area contributed by atoms with Crippen LogP contribution in [-0.4, -0.2) is 31.0 Å². The molecule has 0 saturated heterocycles. The lowest BCUT2D eigenvalue weighted by Gasteiger charge is -2.30. The maximum Gasteiger partial charge on any atom is 0.573 e. The number of alkyl halides is 6. The molecule has 1 amide bonds. The Kier molecular flexibility index (Phi) is 6.05. The van der Waals surface area contributed by atoms with Crippen LogP contribution in [0.15, 0.2) is 18.2 Å². The number of carbonyl (C=O) groups is 1. The normalized spacial score (nSPS) is 18.8. The highest BCUT2D eigenvalue weighted by Crippen LogP contribution is 2.32. The molecule has 26 heavy (non-hydrogen) atoms. The molecule has 2 N–H and O–H groups in total. The Labute approximate surface area is 145 Å². The molecule has 2 unspecified atom stereocenters. The molecule has 10 heteroatoms. The van der Waals surface area contributed by atoms with Crippen molar-refractivity contribution in [1.82, 2.24) is 10.6 Å². The summed E-state index contributed by atoms with van der Waals surface area (Å²) >= 11 is 0. The number of benzene rings is 1. The van der Waals surface area contributed by atoms with E-state index in [1.807, 2.05) is 5.32 Å². The summed E-state index contributed by atoms with van der Waals surface area (Å²) in [5.74, 6) is -2.34. The predicted octanol–water partition coefficient (Wildman–Crippen LogP) is 3.62. The highest BCUT2D eigenvalue weighted by atomic mass is 19.4. The second kappa shape index (κ2) is 7.73. The fraction of sp³-hybridized carbons (Fsp3) is 0.562. The number of ether oxygens (including phenoxy) is 1. The van der Waals surface area contributed by atoms with Crippen LogP contribution in [0.5, 0.6) is 5.75 Å². The van der Waals surface area contributed by atoms with Gasteiger partial charge in [0.1, 0.15) is 5.75 Å². The first-order valence-electron chi connectivity index (χ1n) is 7.99. The van der Waals surface area contributed by atoms with Gasteiger partial charge in [-0.05, 0) is 49.1 Å². The van der Waals surface area contributed by atoms with Gasteiger partial charge in [-0.1, -0.05) is 13.0 Å². The largest absolute Gasteiger partial charge is 0.573 e. The fourth-order valence-corrected chi connectivity index (χ4v) is 2.92. The van der Waals surface area contributed by atoms with Gasteiger partial charge in [0.15, 0.2) is 0 Å². The molecule has 0 fully saturated rings. The summed E-state index contributed by atoms with van der Waals surface area (Å²) in [7, 11) is 0. The summed E-state index contributed by atoms with van der Waals surface area (Å²) in [6.45, 7) is 2.10. The third-order valence-electron chi connectivity index (χ3n) is 4.11. The van der Waals surface area contributed by atoms with Crippen LogP contribution in [0.1, 0.15) is 36.9 Å². The Balaban J connectivity index is 2.11. The van der Waals surface area contributed by atoms with Crippen LogP contribution in [-0.2, 0) is 11.2 Å². The minimum absolute atomic E-state index is 0.185. The van der Waals surface area contributed by atoms with E-state index in [1.165, 1.54) is 18.2 Å². The minimum Gasteiger partial charge on any atom is -0.406 e. The second-order valence-electron chi connectivity index (χ2n) is 5.98. The Hall–Kier alpha value is -1.97. The Morgan fingerprint density at radius 2 is 2.00 bits per heavy atom. The summed E-state index contributed by atoms with van der Waals surface area (Å²) in [5.41, 5.74) is 1.32. The third-order valence-corrected chi connectivity index (χ3v) is 4.11. The smallest absolute Gasteiger partial charge is 0.406 e. The zero-order valence-electron chi connectivity index (χ0n) is 13.8. The van der Waals surface area contributed by atoms with Crippen molar-refractivity contribution < 1.29 is 35.9 Å². The van der Waals surface area contributed by atoms with Crippen molar-refractivity contribution in [3.63, 3.8) is 0 Å². The molecule has 0 radical (unpaired) electrons. The van der Waals surface area contributed by atoms with E-state index in [0.717, 1.165) is 0 Å². The van der Waals surface area contributed by atoms with Gasteiger partial charge >= 0.3 is 18.4 Å². The second-order valence-corrected chi connectivity index (χ2v) is 5.98. The van der Waals surface area contributed by atoms with Crippen LogP contribution in [0.4, 0.5) is 26.3 Å². The maximum absolute atomic E-state index is 12.4. The van der Waals surface area contributed by atoms with Gasteiger partial charge in [0, 0.05) is 12.1 Å². The zero-order chi connectivity index (χ0) is 19.5. The summed E-state index contributed by atoms with van der Waals surface area (Å²) in [5, 5.41) is 5.07. The molecular weight excluding hydrogens is 366 g/mol. The SMILES string of the molecule is CCC(CC1NCCc2cc(OC(F)(F)F)ccc21)NC(=O)C(F)(F)F. The van der Waals surface area contributed by atoms with E-state index in [-0.39, 0.29) is 24.6 Å². The third kappa shape index (κ3) is 5.52. The van der Waals surface area contributed by atoms with Crippen LogP contribution < -0.4 is 15.4 Å². The number of rotatable bonds is 5. The molecule has 0 saturated carbocycles. The summed E-state index contributed by atoms with van der Waals surface area (Å²) in [6, 6.07) is 2.81. The van der Waals surface area contributed by atoms with E-state index < -0.39 is 24.5 Å². The highest BCUT2D eigenvalue weighted by molar-refractivity contribution is 5.81. The number of fused-ring (bicyclic) bond motifs is 1. The number of hydrogen-bond acceptors (Lipinski definition) is 3. The van der Waals surface area contributed by atoms with E-state index in [1.54, 1.807) is 6.92 Å². The average molecular weight is 384 g/mol. The molecule has 0 aromatic heterocycles. The molecule has 146 valence electrons.